The van der Waals surface area contributed by atoms with Crippen LogP contribution in [0, 0.1) is 6.92 Å². The van der Waals surface area contributed by atoms with E-state index in [4.69, 9.17) is 11.6 Å². The van der Waals surface area contributed by atoms with E-state index in [0.29, 0.717) is 18.8 Å². The maximum atomic E-state index is 12.0. The highest BCUT2D eigenvalue weighted by Gasteiger charge is 2.32. The minimum atomic E-state index is -3.17. The first-order valence-corrected chi connectivity index (χ1v) is 9.30. The number of aromatic nitrogens is 2. The molecule has 0 bridgehead atoms. The number of rotatable bonds is 5. The van der Waals surface area contributed by atoms with Crippen LogP contribution >= 0.6 is 11.6 Å². The lowest BCUT2D eigenvalue weighted by molar-refractivity contribution is 0.501. The highest BCUT2D eigenvalue weighted by molar-refractivity contribution is 7.92. The number of hydrogen-bond donors (Lipinski definition) is 0. The summed E-state index contributed by atoms with van der Waals surface area (Å²) in [4.78, 5) is 4.65. The van der Waals surface area contributed by atoms with Gasteiger partial charge in [0.15, 0.2) is 9.84 Å². The third-order valence-electron chi connectivity index (χ3n) is 3.92. The quantitative estimate of drug-likeness (QED) is 0.793. The standard InChI is InChI=1S/C15H21ClN2O2S/c1-11-6-5-7-12-14(11)17-13(8-9-16)18(12)10-15(2,3)21(4,19)20/h5-7H,8-10H2,1-4H3. The van der Waals surface area contributed by atoms with E-state index in [1.807, 2.05) is 29.7 Å². The van der Waals surface area contributed by atoms with Gasteiger partial charge >= 0.3 is 0 Å². The molecule has 0 saturated carbocycles. The van der Waals surface area contributed by atoms with E-state index in [1.165, 1.54) is 6.26 Å². The molecule has 0 fully saturated rings. The van der Waals surface area contributed by atoms with Gasteiger partial charge in [-0.15, -0.1) is 11.6 Å². The van der Waals surface area contributed by atoms with E-state index in [2.05, 4.69) is 4.98 Å². The van der Waals surface area contributed by atoms with Gasteiger partial charge in [-0.2, -0.15) is 0 Å². The second kappa shape index (κ2) is 5.61. The van der Waals surface area contributed by atoms with Crippen molar-refractivity contribution in [3.63, 3.8) is 0 Å². The summed E-state index contributed by atoms with van der Waals surface area (Å²) in [6.07, 6.45) is 1.90. The van der Waals surface area contributed by atoms with Crippen LogP contribution in [0.2, 0.25) is 0 Å². The van der Waals surface area contributed by atoms with Gasteiger partial charge in [0.1, 0.15) is 5.82 Å². The van der Waals surface area contributed by atoms with E-state index in [1.54, 1.807) is 13.8 Å². The lowest BCUT2D eigenvalue weighted by atomic mass is 10.2. The molecule has 0 radical (unpaired) electrons. The molecule has 0 aliphatic carbocycles. The van der Waals surface area contributed by atoms with Crippen LogP contribution in [0.25, 0.3) is 11.0 Å². The Labute approximate surface area is 131 Å². The molecule has 0 aliphatic heterocycles. The van der Waals surface area contributed by atoms with E-state index < -0.39 is 14.6 Å². The van der Waals surface area contributed by atoms with Gasteiger partial charge in [-0.05, 0) is 32.4 Å². The van der Waals surface area contributed by atoms with Crippen LogP contribution in [0.15, 0.2) is 18.2 Å². The molecule has 0 atom stereocenters. The van der Waals surface area contributed by atoms with Crippen LogP contribution in [0.5, 0.6) is 0 Å². The zero-order valence-electron chi connectivity index (χ0n) is 12.9. The van der Waals surface area contributed by atoms with Gasteiger partial charge in [-0.3, -0.25) is 0 Å². The Morgan fingerprint density at radius 1 is 1.33 bits per heavy atom. The van der Waals surface area contributed by atoms with E-state index in [0.717, 1.165) is 22.4 Å². The molecule has 1 aromatic heterocycles. The van der Waals surface area contributed by atoms with Gasteiger partial charge in [-0.25, -0.2) is 13.4 Å². The molecule has 0 saturated heterocycles. The Kier molecular flexibility index (Phi) is 4.36. The van der Waals surface area contributed by atoms with Crippen molar-refractivity contribution in [2.45, 2.75) is 38.5 Å². The fourth-order valence-corrected chi connectivity index (χ4v) is 2.82. The number of aryl methyl sites for hydroxylation is 2. The lowest BCUT2D eigenvalue weighted by Crippen LogP contribution is -2.36. The molecule has 6 heteroatoms. The number of benzene rings is 1. The maximum absolute atomic E-state index is 12.0. The van der Waals surface area contributed by atoms with Crippen LogP contribution in [-0.4, -0.2) is 34.9 Å². The van der Waals surface area contributed by atoms with E-state index >= 15 is 0 Å². The first-order chi connectivity index (χ1) is 9.67. The number of hydrogen-bond acceptors (Lipinski definition) is 3. The molecule has 0 N–H and O–H groups in total. The third-order valence-corrected chi connectivity index (χ3v) is 6.25. The summed E-state index contributed by atoms with van der Waals surface area (Å²) < 4.78 is 25.1. The predicted molar refractivity (Wildman–Crippen MR) is 87.8 cm³/mol. The van der Waals surface area contributed by atoms with Gasteiger partial charge in [0.05, 0.1) is 15.8 Å². The monoisotopic (exact) mass is 328 g/mol. The molecule has 21 heavy (non-hydrogen) atoms. The Balaban J connectivity index is 2.61. The summed E-state index contributed by atoms with van der Waals surface area (Å²) in [5, 5.41) is 0. The summed E-state index contributed by atoms with van der Waals surface area (Å²) in [6.45, 7) is 5.87. The molecule has 116 valence electrons. The average molecular weight is 329 g/mol. The smallest absolute Gasteiger partial charge is 0.154 e. The van der Waals surface area contributed by atoms with Gasteiger partial charge in [-0.1, -0.05) is 12.1 Å². The van der Waals surface area contributed by atoms with Crippen LogP contribution in [0.3, 0.4) is 0 Å². The fourth-order valence-electron chi connectivity index (χ4n) is 2.29. The van der Waals surface area contributed by atoms with Gasteiger partial charge in [0, 0.05) is 25.1 Å². The number of alkyl halides is 1. The van der Waals surface area contributed by atoms with Gasteiger partial charge in [0.25, 0.3) is 0 Å². The van der Waals surface area contributed by atoms with Crippen molar-refractivity contribution >= 4 is 32.5 Å². The van der Waals surface area contributed by atoms with Crippen molar-refractivity contribution in [1.29, 1.82) is 0 Å². The molecular weight excluding hydrogens is 308 g/mol. The number of para-hydroxylation sites is 1. The summed E-state index contributed by atoms with van der Waals surface area (Å²) in [5.41, 5.74) is 2.97. The van der Waals surface area contributed by atoms with Crippen LogP contribution in [-0.2, 0) is 22.8 Å². The Bertz CT molecular complexity index is 763. The second-order valence-electron chi connectivity index (χ2n) is 6.03. The van der Waals surface area contributed by atoms with E-state index in [-0.39, 0.29) is 0 Å². The van der Waals surface area contributed by atoms with E-state index in [9.17, 15) is 8.42 Å². The topological polar surface area (TPSA) is 52.0 Å². The predicted octanol–water partition coefficient (Wildman–Crippen LogP) is 2.95. The number of imidazole rings is 1. The molecule has 4 nitrogen and oxygen atoms in total. The third kappa shape index (κ3) is 3.09. The second-order valence-corrected chi connectivity index (χ2v) is 9.06. The normalized spacial score (nSPS) is 13.0. The van der Waals surface area contributed by atoms with Gasteiger partial charge < -0.3 is 4.57 Å². The minimum absolute atomic E-state index is 0.373. The Hall–Kier alpha value is -1.07. The van der Waals surface area contributed by atoms with Crippen molar-refractivity contribution < 1.29 is 8.42 Å². The zero-order valence-corrected chi connectivity index (χ0v) is 14.4. The van der Waals surface area contributed by atoms with Crippen molar-refractivity contribution in [3.8, 4) is 0 Å². The van der Waals surface area contributed by atoms with Crippen LogP contribution in [0.1, 0.15) is 25.2 Å². The summed E-state index contributed by atoms with van der Waals surface area (Å²) in [5.74, 6) is 1.30. The molecule has 2 rings (SSSR count). The van der Waals surface area contributed by atoms with Crippen molar-refractivity contribution in [2.24, 2.45) is 0 Å². The molecule has 1 heterocycles. The molecule has 0 unspecified atom stereocenters. The largest absolute Gasteiger partial charge is 0.326 e. The first kappa shape index (κ1) is 16.3. The highest BCUT2D eigenvalue weighted by Crippen LogP contribution is 2.25. The summed E-state index contributed by atoms with van der Waals surface area (Å²) in [6, 6.07) is 5.95. The van der Waals surface area contributed by atoms with Crippen LogP contribution < -0.4 is 0 Å². The lowest BCUT2D eigenvalue weighted by Gasteiger charge is -2.24. The average Bonchev–Trinajstić information content (AvgIpc) is 2.68. The maximum Gasteiger partial charge on any atom is 0.154 e. The first-order valence-electron chi connectivity index (χ1n) is 6.87. The van der Waals surface area contributed by atoms with Gasteiger partial charge in [0.2, 0.25) is 0 Å². The number of fused-ring (bicyclic) bond motifs is 1. The molecule has 0 aliphatic rings. The number of nitrogens with zero attached hydrogens (tertiary/aromatic N) is 2. The fraction of sp³-hybridized carbons (Fsp3) is 0.533. The van der Waals surface area contributed by atoms with Crippen molar-refractivity contribution in [3.05, 3.63) is 29.6 Å². The molecule has 0 amide bonds. The summed E-state index contributed by atoms with van der Waals surface area (Å²) >= 11 is 5.86. The molecule has 1 aromatic carbocycles. The number of sulfone groups is 1. The SMILES string of the molecule is Cc1cccc2c1nc(CCCl)n2CC(C)(C)S(C)(=O)=O. The molecular formula is C15H21ClN2O2S. The van der Waals surface area contributed by atoms with Crippen LogP contribution in [0.4, 0.5) is 0 Å². The zero-order chi connectivity index (χ0) is 15.8. The van der Waals surface area contributed by atoms with Crippen molar-refractivity contribution in [2.75, 3.05) is 12.1 Å². The van der Waals surface area contributed by atoms with Crippen molar-refractivity contribution in [1.82, 2.24) is 9.55 Å². The minimum Gasteiger partial charge on any atom is -0.326 e. The highest BCUT2D eigenvalue weighted by atomic mass is 35.5. The Morgan fingerprint density at radius 2 is 2.00 bits per heavy atom. The molecule has 2 aromatic rings. The summed E-state index contributed by atoms with van der Waals surface area (Å²) in [7, 11) is -3.17. The number of halogens is 1. The molecule has 0 spiro atoms. The Morgan fingerprint density at radius 3 is 2.57 bits per heavy atom.